The quantitative estimate of drug-likeness (QED) is 0.529. The Balaban J connectivity index is 1.71. The van der Waals surface area contributed by atoms with Gasteiger partial charge in [-0.2, -0.15) is 0 Å². The summed E-state index contributed by atoms with van der Waals surface area (Å²) in [5, 5.41) is 4.90. The van der Waals surface area contributed by atoms with Crippen LogP contribution in [-0.4, -0.2) is 45.0 Å². The van der Waals surface area contributed by atoms with Crippen LogP contribution in [0.1, 0.15) is 51.0 Å². The largest absolute Gasteiger partial charge is 0.452 e. The number of benzene rings is 1. The Hall–Kier alpha value is -2.46. The number of amides is 3. The van der Waals surface area contributed by atoms with Crippen LogP contribution in [0.2, 0.25) is 0 Å². The van der Waals surface area contributed by atoms with Crippen molar-refractivity contribution >= 4 is 27.9 Å². The standard InChI is InChI=1S/C20H29N3O6S/c1-14-7-6-10-17(13-14)30(27,28)21-12-11-18(24)29-15(2)19(25)23-20(26)22-16-8-4-3-5-9-16/h6-7,10,13,15-16,21H,3-5,8-9,11-12H2,1-2H3,(H2,22,23,25,26)/t15-/m0/s1. The molecule has 3 amide bonds. The number of esters is 1. The van der Waals surface area contributed by atoms with Gasteiger partial charge in [-0.05, 0) is 44.4 Å². The van der Waals surface area contributed by atoms with Gasteiger partial charge in [0.25, 0.3) is 5.91 Å². The molecule has 1 aliphatic rings. The third kappa shape index (κ3) is 7.75. The second-order valence-electron chi connectivity index (χ2n) is 7.39. The molecule has 3 N–H and O–H groups in total. The fraction of sp³-hybridized carbons (Fsp3) is 0.550. The van der Waals surface area contributed by atoms with E-state index < -0.39 is 34.0 Å². The zero-order chi connectivity index (χ0) is 22.1. The van der Waals surface area contributed by atoms with E-state index in [1.54, 1.807) is 19.1 Å². The summed E-state index contributed by atoms with van der Waals surface area (Å²) in [6, 6.07) is 5.82. The molecule has 1 aromatic rings. The van der Waals surface area contributed by atoms with Crippen molar-refractivity contribution in [1.29, 1.82) is 0 Å². The number of ether oxygens (including phenoxy) is 1. The van der Waals surface area contributed by atoms with Crippen LogP contribution in [0, 0.1) is 6.92 Å². The van der Waals surface area contributed by atoms with Gasteiger partial charge in [-0.15, -0.1) is 0 Å². The fourth-order valence-electron chi connectivity index (χ4n) is 3.14. The molecule has 1 fully saturated rings. The summed E-state index contributed by atoms with van der Waals surface area (Å²) < 4.78 is 31.7. The van der Waals surface area contributed by atoms with Gasteiger partial charge in [-0.3, -0.25) is 14.9 Å². The van der Waals surface area contributed by atoms with E-state index in [2.05, 4.69) is 15.4 Å². The molecule has 0 heterocycles. The number of rotatable bonds is 8. The van der Waals surface area contributed by atoms with Gasteiger partial charge in [0.15, 0.2) is 6.10 Å². The van der Waals surface area contributed by atoms with Gasteiger partial charge in [-0.25, -0.2) is 17.9 Å². The van der Waals surface area contributed by atoms with Gasteiger partial charge in [0.1, 0.15) is 0 Å². The Morgan fingerprint density at radius 1 is 1.17 bits per heavy atom. The Kier molecular flexibility index (Phi) is 8.79. The van der Waals surface area contributed by atoms with Crippen LogP contribution >= 0.6 is 0 Å². The van der Waals surface area contributed by atoms with Gasteiger partial charge in [-0.1, -0.05) is 31.4 Å². The smallest absolute Gasteiger partial charge is 0.321 e. The lowest BCUT2D eigenvalue weighted by atomic mass is 9.96. The van der Waals surface area contributed by atoms with Crippen LogP contribution in [0.5, 0.6) is 0 Å². The van der Waals surface area contributed by atoms with E-state index in [0.29, 0.717) is 0 Å². The van der Waals surface area contributed by atoms with Crippen LogP contribution in [0.3, 0.4) is 0 Å². The minimum atomic E-state index is -3.74. The molecule has 1 saturated carbocycles. The maximum atomic E-state index is 12.2. The molecule has 1 aromatic carbocycles. The van der Waals surface area contributed by atoms with Crippen LogP contribution in [0.4, 0.5) is 4.79 Å². The molecule has 10 heteroatoms. The predicted molar refractivity (Wildman–Crippen MR) is 110 cm³/mol. The van der Waals surface area contributed by atoms with Crippen LogP contribution in [-0.2, 0) is 24.3 Å². The number of urea groups is 1. The van der Waals surface area contributed by atoms with E-state index in [-0.39, 0.29) is 23.9 Å². The topological polar surface area (TPSA) is 131 Å². The second kappa shape index (κ2) is 11.1. The first-order valence-electron chi connectivity index (χ1n) is 10.0. The number of carbonyl (C=O) groups excluding carboxylic acids is 3. The molecule has 0 aromatic heterocycles. The van der Waals surface area contributed by atoms with E-state index in [4.69, 9.17) is 4.74 Å². The lowest BCUT2D eigenvalue weighted by molar-refractivity contribution is -0.154. The molecule has 0 radical (unpaired) electrons. The fourth-order valence-corrected chi connectivity index (χ4v) is 4.28. The van der Waals surface area contributed by atoms with E-state index in [0.717, 1.165) is 37.7 Å². The number of hydrogen-bond acceptors (Lipinski definition) is 6. The van der Waals surface area contributed by atoms with Gasteiger partial charge in [0.05, 0.1) is 11.3 Å². The molecule has 0 unspecified atom stereocenters. The molecular weight excluding hydrogens is 410 g/mol. The van der Waals surface area contributed by atoms with Crippen LogP contribution in [0.25, 0.3) is 0 Å². The molecule has 0 spiro atoms. The summed E-state index contributed by atoms with van der Waals surface area (Å²) in [6.45, 7) is 2.95. The monoisotopic (exact) mass is 439 g/mol. The summed E-state index contributed by atoms with van der Waals surface area (Å²) in [5.74, 6) is -1.49. The number of aryl methyl sites for hydroxylation is 1. The highest BCUT2D eigenvalue weighted by atomic mass is 32.2. The van der Waals surface area contributed by atoms with Gasteiger partial charge >= 0.3 is 12.0 Å². The third-order valence-electron chi connectivity index (χ3n) is 4.78. The Morgan fingerprint density at radius 2 is 1.87 bits per heavy atom. The first kappa shape index (κ1) is 23.8. The van der Waals surface area contributed by atoms with Crippen molar-refractivity contribution in [2.75, 3.05) is 6.54 Å². The average Bonchev–Trinajstić information content (AvgIpc) is 2.68. The molecule has 0 aliphatic heterocycles. The van der Waals surface area contributed by atoms with Crippen molar-refractivity contribution in [3.05, 3.63) is 29.8 Å². The summed E-state index contributed by atoms with van der Waals surface area (Å²) in [7, 11) is -3.74. The first-order chi connectivity index (χ1) is 14.2. The average molecular weight is 440 g/mol. The molecule has 0 saturated heterocycles. The van der Waals surface area contributed by atoms with Crippen molar-refractivity contribution in [1.82, 2.24) is 15.4 Å². The van der Waals surface area contributed by atoms with Gasteiger partial charge < -0.3 is 10.1 Å². The first-order valence-corrected chi connectivity index (χ1v) is 11.5. The third-order valence-corrected chi connectivity index (χ3v) is 6.23. The molecule has 9 nitrogen and oxygen atoms in total. The summed E-state index contributed by atoms with van der Waals surface area (Å²) in [4.78, 5) is 35.9. The zero-order valence-electron chi connectivity index (χ0n) is 17.3. The molecule has 30 heavy (non-hydrogen) atoms. The Bertz CT molecular complexity index is 865. The SMILES string of the molecule is Cc1cccc(S(=O)(=O)NCCC(=O)O[C@@H](C)C(=O)NC(=O)NC2CCCCC2)c1. The lowest BCUT2D eigenvalue weighted by Gasteiger charge is -2.23. The van der Waals surface area contributed by atoms with Gasteiger partial charge in [0.2, 0.25) is 10.0 Å². The maximum Gasteiger partial charge on any atom is 0.321 e. The highest BCUT2D eigenvalue weighted by Gasteiger charge is 2.22. The van der Waals surface area contributed by atoms with E-state index in [9.17, 15) is 22.8 Å². The van der Waals surface area contributed by atoms with Crippen molar-refractivity contribution in [2.24, 2.45) is 0 Å². The Labute approximate surface area is 177 Å². The number of imide groups is 1. The zero-order valence-corrected chi connectivity index (χ0v) is 18.1. The summed E-state index contributed by atoms with van der Waals surface area (Å²) in [5.41, 5.74) is 0.796. The number of sulfonamides is 1. The minimum absolute atomic E-state index is 0.0471. The van der Waals surface area contributed by atoms with Crippen molar-refractivity contribution < 1.29 is 27.5 Å². The molecule has 0 bridgehead atoms. The number of carbonyl (C=O) groups is 3. The summed E-state index contributed by atoms with van der Waals surface area (Å²) in [6.07, 6.45) is 3.56. The predicted octanol–water partition coefficient (Wildman–Crippen LogP) is 1.75. The van der Waals surface area contributed by atoms with Crippen molar-refractivity contribution in [3.63, 3.8) is 0 Å². The second-order valence-corrected chi connectivity index (χ2v) is 9.16. The maximum absolute atomic E-state index is 12.2. The Morgan fingerprint density at radius 3 is 2.53 bits per heavy atom. The number of hydrogen-bond donors (Lipinski definition) is 3. The van der Waals surface area contributed by atoms with Crippen molar-refractivity contribution in [3.8, 4) is 0 Å². The molecule has 1 atom stereocenters. The van der Waals surface area contributed by atoms with E-state index in [1.807, 2.05) is 0 Å². The molecule has 166 valence electrons. The van der Waals surface area contributed by atoms with E-state index >= 15 is 0 Å². The normalized spacial score (nSPS) is 15.8. The minimum Gasteiger partial charge on any atom is -0.452 e. The molecular formula is C20H29N3O6S. The summed E-state index contributed by atoms with van der Waals surface area (Å²) >= 11 is 0. The van der Waals surface area contributed by atoms with Crippen LogP contribution in [0.15, 0.2) is 29.2 Å². The molecule has 1 aliphatic carbocycles. The van der Waals surface area contributed by atoms with Crippen LogP contribution < -0.4 is 15.4 Å². The van der Waals surface area contributed by atoms with Crippen molar-refractivity contribution in [2.45, 2.75) is 69.4 Å². The molecule has 2 rings (SSSR count). The highest BCUT2D eigenvalue weighted by molar-refractivity contribution is 7.89. The number of nitrogens with one attached hydrogen (secondary N) is 3. The highest BCUT2D eigenvalue weighted by Crippen LogP contribution is 2.17. The van der Waals surface area contributed by atoms with E-state index in [1.165, 1.54) is 19.1 Å². The van der Waals surface area contributed by atoms with Gasteiger partial charge in [0, 0.05) is 12.6 Å². The lowest BCUT2D eigenvalue weighted by Crippen LogP contribution is -2.48.